The number of aromatic nitrogens is 1. The van der Waals surface area contributed by atoms with Crippen LogP contribution in [0.5, 0.6) is 11.5 Å². The summed E-state index contributed by atoms with van der Waals surface area (Å²) in [7, 11) is -0.625. The molecule has 2 aliphatic rings. The van der Waals surface area contributed by atoms with E-state index in [1.807, 2.05) is 0 Å². The number of rotatable bonds is 10. The number of sulfonamides is 1. The van der Waals surface area contributed by atoms with Crippen LogP contribution in [0.25, 0.3) is 0 Å². The van der Waals surface area contributed by atoms with Crippen LogP contribution in [0.3, 0.4) is 0 Å². The topological polar surface area (TPSA) is 93.2 Å². The fraction of sp³-hybridized carbons (Fsp3) is 0.452. The van der Waals surface area contributed by atoms with Crippen LogP contribution in [0.1, 0.15) is 38.7 Å². The van der Waals surface area contributed by atoms with E-state index in [-0.39, 0.29) is 23.0 Å². The van der Waals surface area contributed by atoms with Gasteiger partial charge in [0.2, 0.25) is 5.95 Å². The summed E-state index contributed by atoms with van der Waals surface area (Å²) in [5.74, 6) is -3.55. The van der Waals surface area contributed by atoms with Gasteiger partial charge in [0.1, 0.15) is 33.8 Å². The van der Waals surface area contributed by atoms with Gasteiger partial charge in [-0.25, -0.2) is 26.5 Å². The molecular formula is C31H36ClF3N4O5S. The molecule has 2 fully saturated rings. The van der Waals surface area contributed by atoms with E-state index in [9.17, 15) is 12.8 Å². The lowest BCUT2D eigenvalue weighted by molar-refractivity contribution is -0.0206. The van der Waals surface area contributed by atoms with Crippen molar-refractivity contribution in [3.8, 4) is 11.5 Å². The number of ether oxygens (including phenoxy) is 3. The zero-order chi connectivity index (χ0) is 32.7. The highest BCUT2D eigenvalue weighted by Crippen LogP contribution is 2.43. The third-order valence-electron chi connectivity index (χ3n) is 8.68. The van der Waals surface area contributed by atoms with Crippen LogP contribution < -0.4 is 24.0 Å². The Morgan fingerprint density at radius 3 is 2.47 bits per heavy atom. The van der Waals surface area contributed by atoms with Gasteiger partial charge in [0.25, 0.3) is 10.0 Å². The second-order valence-electron chi connectivity index (χ2n) is 11.9. The molecule has 0 spiro atoms. The number of hydrogen-bond acceptors (Lipinski definition) is 8. The first-order valence-corrected chi connectivity index (χ1v) is 16.2. The third kappa shape index (κ3) is 6.27. The largest absolute Gasteiger partial charge is 0.497 e. The molecule has 3 aromatic rings. The monoisotopic (exact) mass is 668 g/mol. The number of hydrogen-bond donors (Lipinski definition) is 1. The first-order valence-electron chi connectivity index (χ1n) is 14.4. The minimum absolute atomic E-state index is 0.00838. The van der Waals surface area contributed by atoms with Gasteiger partial charge in [0.05, 0.1) is 26.5 Å². The predicted octanol–water partition coefficient (Wildman–Crippen LogP) is 5.69. The molecule has 2 saturated heterocycles. The lowest BCUT2D eigenvalue weighted by Crippen LogP contribution is -2.54. The van der Waals surface area contributed by atoms with Crippen molar-refractivity contribution in [2.45, 2.75) is 61.7 Å². The zero-order valence-corrected chi connectivity index (χ0v) is 27.2. The van der Waals surface area contributed by atoms with Gasteiger partial charge in [-0.15, -0.1) is 0 Å². The molecule has 0 bridgehead atoms. The maximum atomic E-state index is 16.1. The summed E-state index contributed by atoms with van der Waals surface area (Å²) in [6.45, 7) is 4.39. The minimum Gasteiger partial charge on any atom is -0.497 e. The van der Waals surface area contributed by atoms with Gasteiger partial charge in [0, 0.05) is 49.5 Å². The van der Waals surface area contributed by atoms with E-state index in [2.05, 4.69) is 24.1 Å². The molecule has 0 aliphatic carbocycles. The number of benzene rings is 2. The summed E-state index contributed by atoms with van der Waals surface area (Å²) >= 11 is 6.48. The molecule has 0 radical (unpaired) electrons. The average Bonchev–Trinajstić information content (AvgIpc) is 3.61. The lowest BCUT2D eigenvalue weighted by atomic mass is 9.91. The first-order chi connectivity index (χ1) is 21.2. The molecule has 244 valence electrons. The molecule has 0 amide bonds. The van der Waals surface area contributed by atoms with Crippen molar-refractivity contribution in [1.29, 1.82) is 0 Å². The SMILES string of the molecule is COc1ccc(CN(c2cccc(F)n2)S(=O)(=O)c2c(F)cc(N3CCC(OC)([C@H]4CCC(C)(C)N4)C3)c(Cl)c2F)c(OC)c1. The van der Waals surface area contributed by atoms with E-state index >= 15 is 8.78 Å². The van der Waals surface area contributed by atoms with Crippen LogP contribution >= 0.6 is 11.6 Å². The van der Waals surface area contributed by atoms with Crippen molar-refractivity contribution in [2.24, 2.45) is 0 Å². The van der Waals surface area contributed by atoms with E-state index in [1.54, 1.807) is 18.1 Å². The van der Waals surface area contributed by atoms with E-state index < -0.39 is 55.5 Å². The summed E-state index contributed by atoms with van der Waals surface area (Å²) in [6.07, 6.45) is 2.38. The molecule has 2 aromatic carbocycles. The summed E-state index contributed by atoms with van der Waals surface area (Å²) in [5.41, 5.74) is -0.401. The molecule has 2 atom stereocenters. The number of pyridine rings is 1. The van der Waals surface area contributed by atoms with Gasteiger partial charge < -0.3 is 24.4 Å². The Bertz CT molecular complexity index is 1700. The molecule has 3 heterocycles. The number of nitrogens with one attached hydrogen (secondary N) is 1. The minimum atomic E-state index is -5.06. The van der Waals surface area contributed by atoms with Gasteiger partial charge >= 0.3 is 0 Å². The third-order valence-corrected chi connectivity index (χ3v) is 10.8. The highest BCUT2D eigenvalue weighted by Gasteiger charge is 2.50. The summed E-state index contributed by atoms with van der Waals surface area (Å²) in [5, 5.41) is 3.04. The fourth-order valence-electron chi connectivity index (χ4n) is 6.23. The molecule has 0 saturated carbocycles. The van der Waals surface area contributed by atoms with Crippen molar-refractivity contribution in [2.75, 3.05) is 43.6 Å². The summed E-state index contributed by atoms with van der Waals surface area (Å²) in [4.78, 5) is 4.11. The van der Waals surface area contributed by atoms with E-state index in [4.69, 9.17) is 25.8 Å². The molecule has 45 heavy (non-hydrogen) atoms. The predicted molar refractivity (Wildman–Crippen MR) is 165 cm³/mol. The first kappa shape index (κ1) is 33.1. The molecule has 9 nitrogen and oxygen atoms in total. The fourth-order valence-corrected chi connectivity index (χ4v) is 8.06. The molecule has 1 N–H and O–H groups in total. The Kier molecular flexibility index (Phi) is 9.20. The summed E-state index contributed by atoms with van der Waals surface area (Å²) in [6, 6.07) is 9.01. The molecule has 1 unspecified atom stereocenters. The number of anilines is 2. The van der Waals surface area contributed by atoms with Gasteiger partial charge in [-0.05, 0) is 57.4 Å². The van der Waals surface area contributed by atoms with Crippen molar-refractivity contribution < 1.29 is 35.8 Å². The Labute approximate surface area is 266 Å². The Balaban J connectivity index is 1.54. The van der Waals surface area contributed by atoms with Gasteiger partial charge in [0.15, 0.2) is 10.7 Å². The van der Waals surface area contributed by atoms with Gasteiger partial charge in [-0.3, -0.25) is 0 Å². The molecule has 1 aromatic heterocycles. The van der Waals surface area contributed by atoms with Gasteiger partial charge in [-0.1, -0.05) is 17.7 Å². The van der Waals surface area contributed by atoms with Crippen molar-refractivity contribution in [3.63, 3.8) is 0 Å². The Morgan fingerprint density at radius 1 is 1.09 bits per heavy atom. The highest BCUT2D eigenvalue weighted by molar-refractivity contribution is 7.92. The quantitative estimate of drug-likeness (QED) is 0.218. The van der Waals surface area contributed by atoms with Crippen LogP contribution in [0.15, 0.2) is 47.4 Å². The molecule has 14 heteroatoms. The smallest absolute Gasteiger partial charge is 0.271 e. The second-order valence-corrected chi connectivity index (χ2v) is 14.1. The second kappa shape index (κ2) is 12.5. The number of nitrogens with zero attached hydrogens (tertiary/aromatic N) is 3. The molecule has 5 rings (SSSR count). The van der Waals surface area contributed by atoms with E-state index in [0.717, 1.165) is 25.0 Å². The number of halogens is 4. The van der Waals surface area contributed by atoms with Crippen LogP contribution in [0.2, 0.25) is 5.02 Å². The maximum absolute atomic E-state index is 16.1. The van der Waals surface area contributed by atoms with Crippen molar-refractivity contribution >= 4 is 33.1 Å². The van der Waals surface area contributed by atoms with E-state index in [1.165, 1.54) is 38.5 Å². The normalized spacial score (nSPS) is 21.3. The molecular weight excluding hydrogens is 633 g/mol. The standard InChI is InChI=1S/C31H36ClF3N4O5S/c1-30(2)12-11-24(37-30)31(44-5)13-14-38(18-31)22-16-21(33)29(28(35)27(22)32)45(40,41)39(26-8-6-7-25(34)36-26)17-19-9-10-20(42-3)15-23(19)43-4/h6-10,15-16,24,37H,11-14,17-18H2,1-5H3/t24-,31?/m1/s1. The maximum Gasteiger partial charge on any atom is 0.271 e. The highest BCUT2D eigenvalue weighted by atomic mass is 35.5. The Hall–Kier alpha value is -3.26. The molecule has 2 aliphatic heterocycles. The van der Waals surface area contributed by atoms with Crippen molar-refractivity contribution in [3.05, 3.63) is 70.6 Å². The van der Waals surface area contributed by atoms with Crippen molar-refractivity contribution in [1.82, 2.24) is 10.3 Å². The van der Waals surface area contributed by atoms with Gasteiger partial charge in [-0.2, -0.15) is 4.39 Å². The number of methoxy groups -OCH3 is 3. The Morgan fingerprint density at radius 2 is 1.84 bits per heavy atom. The summed E-state index contributed by atoms with van der Waals surface area (Å²) < 4.78 is 91.7. The average molecular weight is 669 g/mol. The van der Waals surface area contributed by atoms with E-state index in [0.29, 0.717) is 35.1 Å². The lowest BCUT2D eigenvalue weighted by Gasteiger charge is -2.36. The zero-order valence-electron chi connectivity index (χ0n) is 25.7. The van der Waals surface area contributed by atoms with Crippen LogP contribution in [-0.2, 0) is 21.3 Å². The van der Waals surface area contributed by atoms with Crippen LogP contribution in [0.4, 0.5) is 24.7 Å². The van der Waals surface area contributed by atoms with Crippen LogP contribution in [0, 0.1) is 17.6 Å². The van der Waals surface area contributed by atoms with Crippen LogP contribution in [-0.4, -0.2) is 65.0 Å².